The molecule has 0 saturated carbocycles. The molecule has 0 aliphatic carbocycles. The van der Waals surface area contributed by atoms with Crippen LogP contribution in [0.3, 0.4) is 0 Å². The molecule has 1 unspecified atom stereocenters. The quantitative estimate of drug-likeness (QED) is 0.753. The van der Waals surface area contributed by atoms with Crippen molar-refractivity contribution in [3.05, 3.63) is 18.2 Å². The number of rotatable bonds is 5. The highest BCUT2D eigenvalue weighted by Gasteiger charge is 2.20. The van der Waals surface area contributed by atoms with Crippen LogP contribution in [-0.2, 0) is 11.2 Å². The largest absolute Gasteiger partial charge is 0.481 e. The molecule has 1 atom stereocenters. The van der Waals surface area contributed by atoms with Gasteiger partial charge in [-0.15, -0.1) is 0 Å². The summed E-state index contributed by atoms with van der Waals surface area (Å²) >= 11 is 0. The summed E-state index contributed by atoms with van der Waals surface area (Å²) in [7, 11) is 0. The molecule has 0 bridgehead atoms. The predicted octanol–water partition coefficient (Wildman–Crippen LogP) is 1.70. The van der Waals surface area contributed by atoms with Gasteiger partial charge in [0.15, 0.2) is 0 Å². The molecule has 4 nitrogen and oxygen atoms in total. The Labute approximate surface area is 83.4 Å². The maximum atomic E-state index is 10.9. The van der Waals surface area contributed by atoms with E-state index in [-0.39, 0.29) is 11.8 Å². The van der Waals surface area contributed by atoms with Crippen molar-refractivity contribution in [1.29, 1.82) is 0 Å². The summed E-state index contributed by atoms with van der Waals surface area (Å²) in [5, 5.41) is 8.95. The number of aliphatic carboxylic acids is 1. The second-order valence-electron chi connectivity index (χ2n) is 3.80. The number of aromatic amines is 1. The zero-order valence-electron chi connectivity index (χ0n) is 8.53. The third-order valence-electron chi connectivity index (χ3n) is 2.40. The van der Waals surface area contributed by atoms with Crippen LogP contribution in [0.4, 0.5) is 0 Å². The Morgan fingerprint density at radius 1 is 1.64 bits per heavy atom. The number of hydrogen-bond donors (Lipinski definition) is 2. The predicted molar refractivity (Wildman–Crippen MR) is 52.9 cm³/mol. The van der Waals surface area contributed by atoms with E-state index in [2.05, 4.69) is 9.97 Å². The molecule has 1 aromatic heterocycles. The van der Waals surface area contributed by atoms with Crippen LogP contribution in [0.1, 0.15) is 26.0 Å². The van der Waals surface area contributed by atoms with Crippen molar-refractivity contribution >= 4 is 5.97 Å². The maximum absolute atomic E-state index is 10.9. The first kappa shape index (κ1) is 10.8. The molecule has 0 aromatic carbocycles. The van der Waals surface area contributed by atoms with Gasteiger partial charge >= 0.3 is 5.97 Å². The summed E-state index contributed by atoms with van der Waals surface area (Å²) in [5.41, 5.74) is 0.997. The van der Waals surface area contributed by atoms with E-state index in [1.165, 1.54) is 0 Å². The topological polar surface area (TPSA) is 66.0 Å². The Bertz CT molecular complexity index is 280. The van der Waals surface area contributed by atoms with E-state index < -0.39 is 5.97 Å². The molecule has 1 aromatic rings. The minimum Gasteiger partial charge on any atom is -0.481 e. The van der Waals surface area contributed by atoms with Crippen LogP contribution in [0, 0.1) is 11.8 Å². The molecule has 4 heteroatoms. The van der Waals surface area contributed by atoms with Gasteiger partial charge in [-0.25, -0.2) is 4.98 Å². The zero-order chi connectivity index (χ0) is 10.6. The normalized spacial score (nSPS) is 13.1. The second-order valence-corrected chi connectivity index (χ2v) is 3.80. The molecule has 14 heavy (non-hydrogen) atoms. The second kappa shape index (κ2) is 4.79. The molecule has 1 heterocycles. The molecule has 0 aliphatic rings. The van der Waals surface area contributed by atoms with Crippen molar-refractivity contribution < 1.29 is 9.90 Å². The van der Waals surface area contributed by atoms with Gasteiger partial charge in [0.05, 0.1) is 12.2 Å². The number of carboxylic acids is 1. The van der Waals surface area contributed by atoms with E-state index in [0.29, 0.717) is 6.42 Å². The van der Waals surface area contributed by atoms with Crippen LogP contribution in [0.25, 0.3) is 0 Å². The number of H-pyrrole nitrogens is 1. The summed E-state index contributed by atoms with van der Waals surface area (Å²) in [6.07, 6.45) is 4.75. The Kier molecular flexibility index (Phi) is 3.68. The number of imidazole rings is 1. The summed E-state index contributed by atoms with van der Waals surface area (Å²) in [4.78, 5) is 17.7. The number of aryl methyl sites for hydroxylation is 1. The number of carbonyl (C=O) groups is 1. The van der Waals surface area contributed by atoms with Crippen molar-refractivity contribution in [1.82, 2.24) is 9.97 Å². The Morgan fingerprint density at radius 3 is 2.79 bits per heavy atom. The highest BCUT2D eigenvalue weighted by molar-refractivity contribution is 5.70. The van der Waals surface area contributed by atoms with Crippen molar-refractivity contribution in [3.8, 4) is 0 Å². The maximum Gasteiger partial charge on any atom is 0.306 e. The monoisotopic (exact) mass is 196 g/mol. The average molecular weight is 196 g/mol. The van der Waals surface area contributed by atoms with E-state index in [4.69, 9.17) is 5.11 Å². The first-order valence-electron chi connectivity index (χ1n) is 4.81. The number of aromatic nitrogens is 2. The first-order valence-corrected chi connectivity index (χ1v) is 4.81. The van der Waals surface area contributed by atoms with Gasteiger partial charge in [0.25, 0.3) is 0 Å². The molecule has 0 amide bonds. The summed E-state index contributed by atoms with van der Waals surface area (Å²) in [5.74, 6) is -0.798. The third-order valence-corrected chi connectivity index (χ3v) is 2.40. The lowest BCUT2D eigenvalue weighted by Gasteiger charge is -2.14. The van der Waals surface area contributed by atoms with Gasteiger partial charge < -0.3 is 10.1 Å². The SMILES string of the molecule is CC(C)C(CCc1cnc[nH]1)C(=O)O. The molecule has 0 spiro atoms. The van der Waals surface area contributed by atoms with Gasteiger partial charge in [0.1, 0.15) is 0 Å². The van der Waals surface area contributed by atoms with Crippen LogP contribution in [0.5, 0.6) is 0 Å². The Hall–Kier alpha value is -1.32. The Morgan fingerprint density at radius 2 is 2.36 bits per heavy atom. The van der Waals surface area contributed by atoms with Gasteiger partial charge in [-0.05, 0) is 18.8 Å². The molecular weight excluding hydrogens is 180 g/mol. The fourth-order valence-corrected chi connectivity index (χ4v) is 1.47. The number of hydrogen-bond acceptors (Lipinski definition) is 2. The molecule has 0 aliphatic heterocycles. The fourth-order valence-electron chi connectivity index (χ4n) is 1.47. The Balaban J connectivity index is 2.45. The van der Waals surface area contributed by atoms with Gasteiger partial charge in [0, 0.05) is 11.9 Å². The molecule has 0 fully saturated rings. The molecule has 2 N–H and O–H groups in total. The van der Waals surface area contributed by atoms with Crippen LogP contribution in [-0.4, -0.2) is 21.0 Å². The van der Waals surface area contributed by atoms with Gasteiger partial charge in [-0.2, -0.15) is 0 Å². The lowest BCUT2D eigenvalue weighted by Crippen LogP contribution is -2.20. The van der Waals surface area contributed by atoms with Crippen LogP contribution in [0.15, 0.2) is 12.5 Å². The van der Waals surface area contributed by atoms with Gasteiger partial charge in [-0.3, -0.25) is 4.79 Å². The van der Waals surface area contributed by atoms with Crippen molar-refractivity contribution in [2.24, 2.45) is 11.8 Å². The summed E-state index contributed by atoms with van der Waals surface area (Å²) in [6.45, 7) is 3.87. The van der Waals surface area contributed by atoms with Crippen molar-refractivity contribution in [2.75, 3.05) is 0 Å². The van der Waals surface area contributed by atoms with E-state index in [1.807, 2.05) is 13.8 Å². The first-order chi connectivity index (χ1) is 6.61. The summed E-state index contributed by atoms with van der Waals surface area (Å²) in [6, 6.07) is 0. The van der Waals surface area contributed by atoms with E-state index >= 15 is 0 Å². The molecular formula is C10H16N2O2. The standard InChI is InChI=1S/C10H16N2O2/c1-7(2)9(10(13)14)4-3-8-5-11-6-12-8/h5-7,9H,3-4H2,1-2H3,(H,11,12)(H,13,14). The van der Waals surface area contributed by atoms with Crippen LogP contribution < -0.4 is 0 Å². The highest BCUT2D eigenvalue weighted by Crippen LogP contribution is 2.17. The molecule has 78 valence electrons. The van der Waals surface area contributed by atoms with Crippen molar-refractivity contribution in [3.63, 3.8) is 0 Å². The van der Waals surface area contributed by atoms with Crippen LogP contribution >= 0.6 is 0 Å². The number of carboxylic acid groups (broad SMARTS) is 1. The minimum absolute atomic E-state index is 0.176. The van der Waals surface area contributed by atoms with Crippen LogP contribution in [0.2, 0.25) is 0 Å². The molecule has 0 saturated heterocycles. The van der Waals surface area contributed by atoms with E-state index in [0.717, 1.165) is 12.1 Å². The van der Waals surface area contributed by atoms with E-state index in [9.17, 15) is 4.79 Å². The van der Waals surface area contributed by atoms with Gasteiger partial charge in [-0.1, -0.05) is 13.8 Å². The lowest BCUT2D eigenvalue weighted by atomic mass is 9.91. The van der Waals surface area contributed by atoms with Gasteiger partial charge in [0.2, 0.25) is 0 Å². The van der Waals surface area contributed by atoms with Crippen molar-refractivity contribution in [2.45, 2.75) is 26.7 Å². The lowest BCUT2D eigenvalue weighted by molar-refractivity contribution is -0.143. The molecule has 0 radical (unpaired) electrons. The minimum atomic E-state index is -0.709. The number of nitrogens with one attached hydrogen (secondary N) is 1. The highest BCUT2D eigenvalue weighted by atomic mass is 16.4. The zero-order valence-corrected chi connectivity index (χ0v) is 8.53. The fraction of sp³-hybridized carbons (Fsp3) is 0.600. The number of nitrogens with zero attached hydrogens (tertiary/aromatic N) is 1. The van der Waals surface area contributed by atoms with E-state index in [1.54, 1.807) is 12.5 Å². The average Bonchev–Trinajstić information content (AvgIpc) is 2.55. The smallest absolute Gasteiger partial charge is 0.306 e. The molecule has 1 rings (SSSR count). The third kappa shape index (κ3) is 2.87. The summed E-state index contributed by atoms with van der Waals surface area (Å²) < 4.78 is 0.